The van der Waals surface area contributed by atoms with E-state index < -0.39 is 6.04 Å². The molecular weight excluding hydrogens is 313 g/mol. The molecule has 0 radical (unpaired) electrons. The highest BCUT2D eigenvalue weighted by Crippen LogP contribution is 2.36. The van der Waals surface area contributed by atoms with Crippen molar-refractivity contribution in [3.63, 3.8) is 0 Å². The molecule has 1 amide bonds. The average molecular weight is 330 g/mol. The number of ether oxygens (including phenoxy) is 1. The summed E-state index contributed by atoms with van der Waals surface area (Å²) in [5.41, 5.74) is 6.11. The molecule has 0 saturated carbocycles. The van der Waals surface area contributed by atoms with Crippen molar-refractivity contribution < 1.29 is 9.53 Å². The monoisotopic (exact) mass is 329 g/mol. The Bertz CT molecular complexity index is 579. The van der Waals surface area contributed by atoms with E-state index in [1.807, 2.05) is 13.8 Å². The highest BCUT2D eigenvalue weighted by atomic mass is 35.5. The number of nitrogen functional groups attached to an aromatic ring is 1. The summed E-state index contributed by atoms with van der Waals surface area (Å²) < 4.78 is 5.71. The molecule has 0 fully saturated rings. The van der Waals surface area contributed by atoms with Crippen LogP contribution in [-0.4, -0.2) is 22.9 Å². The van der Waals surface area contributed by atoms with Crippen molar-refractivity contribution in [2.24, 2.45) is 0 Å². The van der Waals surface area contributed by atoms with Gasteiger partial charge in [0.25, 0.3) is 0 Å². The number of rotatable bonds is 3. The summed E-state index contributed by atoms with van der Waals surface area (Å²) in [6.07, 6.45) is 1.61. The molecule has 0 spiro atoms. The Morgan fingerprint density at radius 2 is 1.90 bits per heavy atom. The van der Waals surface area contributed by atoms with Crippen molar-refractivity contribution in [3.8, 4) is 5.75 Å². The van der Waals surface area contributed by atoms with Crippen LogP contribution in [0.15, 0.2) is 24.2 Å². The minimum Gasteiger partial charge on any atom is -0.437 e. The number of hydrogen-bond donors (Lipinski definition) is 2. The van der Waals surface area contributed by atoms with Gasteiger partial charge in [0.15, 0.2) is 5.75 Å². The molecule has 7 heteroatoms. The average Bonchev–Trinajstić information content (AvgIpc) is 2.37. The maximum Gasteiger partial charge on any atom is 0.249 e. The maximum atomic E-state index is 12.0. The second-order valence-corrected chi connectivity index (χ2v) is 5.93. The van der Waals surface area contributed by atoms with Crippen LogP contribution >= 0.6 is 23.2 Å². The predicted octanol–water partition coefficient (Wildman–Crippen LogP) is 2.98. The van der Waals surface area contributed by atoms with E-state index in [1.165, 1.54) is 0 Å². The van der Waals surface area contributed by atoms with Crippen LogP contribution in [0.2, 0.25) is 10.0 Å². The lowest BCUT2D eigenvalue weighted by Crippen LogP contribution is -2.50. The second-order valence-electron chi connectivity index (χ2n) is 5.11. The summed E-state index contributed by atoms with van der Waals surface area (Å²) in [5.74, 6) is 0.688. The van der Waals surface area contributed by atoms with Crippen molar-refractivity contribution in [1.29, 1.82) is 0 Å². The highest BCUT2D eigenvalue weighted by Gasteiger charge is 2.28. The van der Waals surface area contributed by atoms with E-state index in [2.05, 4.69) is 5.32 Å². The molecule has 114 valence electrons. The first-order valence-electron chi connectivity index (χ1n) is 6.52. The fourth-order valence-corrected chi connectivity index (χ4v) is 2.55. The molecule has 1 aliphatic rings. The Morgan fingerprint density at radius 3 is 2.43 bits per heavy atom. The first-order valence-corrected chi connectivity index (χ1v) is 7.28. The van der Waals surface area contributed by atoms with Crippen molar-refractivity contribution in [2.45, 2.75) is 32.9 Å². The van der Waals surface area contributed by atoms with E-state index in [9.17, 15) is 4.79 Å². The summed E-state index contributed by atoms with van der Waals surface area (Å²) in [6.45, 7) is 5.61. The smallest absolute Gasteiger partial charge is 0.249 e. The first-order chi connectivity index (χ1) is 9.79. The van der Waals surface area contributed by atoms with Crippen LogP contribution in [-0.2, 0) is 4.79 Å². The summed E-state index contributed by atoms with van der Waals surface area (Å²) >= 11 is 12.2. The van der Waals surface area contributed by atoms with Crippen LogP contribution < -0.4 is 15.8 Å². The third-order valence-electron chi connectivity index (χ3n) is 3.03. The lowest BCUT2D eigenvalue weighted by atomic mass is 10.2. The van der Waals surface area contributed by atoms with Gasteiger partial charge in [-0.2, -0.15) is 0 Å². The molecule has 5 nitrogen and oxygen atoms in total. The fraction of sp³-hybridized carbons (Fsp3) is 0.357. The molecular formula is C14H17Cl2N3O2. The lowest BCUT2D eigenvalue weighted by molar-refractivity contribution is -0.133. The van der Waals surface area contributed by atoms with Crippen molar-refractivity contribution in [2.75, 3.05) is 5.73 Å². The quantitative estimate of drug-likeness (QED) is 0.836. The zero-order valence-corrected chi connectivity index (χ0v) is 13.5. The zero-order chi connectivity index (χ0) is 15.7. The van der Waals surface area contributed by atoms with Gasteiger partial charge in [0.2, 0.25) is 11.8 Å². The number of amides is 1. The number of anilines is 1. The first kappa shape index (κ1) is 15.8. The highest BCUT2D eigenvalue weighted by molar-refractivity contribution is 6.37. The van der Waals surface area contributed by atoms with Gasteiger partial charge >= 0.3 is 0 Å². The number of carbonyl (C=O) groups is 1. The number of nitrogens with one attached hydrogen (secondary N) is 1. The van der Waals surface area contributed by atoms with Gasteiger partial charge in [0.1, 0.15) is 6.04 Å². The summed E-state index contributed by atoms with van der Waals surface area (Å²) in [5, 5.41) is 3.58. The standard InChI is InChI=1S/C14H17Cl2N3O2/c1-7(2)19-6-12(18-8(3)14(19)20)21-13-10(15)4-9(17)5-11(13)16/h4-8,18H,17H2,1-3H3. The normalized spacial score (nSPS) is 18.6. The number of hydrogen-bond acceptors (Lipinski definition) is 4. The van der Waals surface area contributed by atoms with E-state index in [-0.39, 0.29) is 11.9 Å². The van der Waals surface area contributed by atoms with Crippen molar-refractivity contribution >= 4 is 34.8 Å². The van der Waals surface area contributed by atoms with Gasteiger partial charge < -0.3 is 20.7 Å². The van der Waals surface area contributed by atoms with Crippen molar-refractivity contribution in [3.05, 3.63) is 34.3 Å². The van der Waals surface area contributed by atoms with E-state index in [1.54, 1.807) is 30.2 Å². The number of carbonyl (C=O) groups excluding carboxylic acids is 1. The zero-order valence-electron chi connectivity index (χ0n) is 12.0. The Balaban J connectivity index is 2.31. The van der Waals surface area contributed by atoms with Gasteiger partial charge in [-0.3, -0.25) is 4.79 Å². The van der Waals surface area contributed by atoms with Crippen LogP contribution in [0, 0.1) is 0 Å². The summed E-state index contributed by atoms with van der Waals surface area (Å²) in [6, 6.07) is 2.75. The number of benzene rings is 1. The van der Waals surface area contributed by atoms with Crippen LogP contribution in [0.4, 0.5) is 5.69 Å². The van der Waals surface area contributed by atoms with Crippen molar-refractivity contribution in [1.82, 2.24) is 10.2 Å². The lowest BCUT2D eigenvalue weighted by Gasteiger charge is -2.32. The minimum absolute atomic E-state index is 0.0214. The van der Waals surface area contributed by atoms with E-state index in [4.69, 9.17) is 33.7 Å². The van der Waals surface area contributed by atoms with E-state index in [0.717, 1.165) is 0 Å². The Morgan fingerprint density at radius 1 is 1.33 bits per heavy atom. The fourth-order valence-electron chi connectivity index (χ4n) is 1.97. The molecule has 0 aliphatic carbocycles. The van der Waals surface area contributed by atoms with Gasteiger partial charge in [0, 0.05) is 11.7 Å². The van der Waals surface area contributed by atoms with Gasteiger partial charge in [0.05, 0.1) is 16.2 Å². The summed E-state index contributed by atoms with van der Waals surface area (Å²) in [7, 11) is 0. The van der Waals surface area contributed by atoms with Gasteiger partial charge in [-0.15, -0.1) is 0 Å². The van der Waals surface area contributed by atoms with Crippen LogP contribution in [0.1, 0.15) is 20.8 Å². The molecule has 3 N–H and O–H groups in total. The molecule has 1 aliphatic heterocycles. The molecule has 1 atom stereocenters. The maximum absolute atomic E-state index is 12.0. The Kier molecular flexibility index (Phi) is 4.54. The third-order valence-corrected chi connectivity index (χ3v) is 3.59. The largest absolute Gasteiger partial charge is 0.437 e. The SMILES string of the molecule is CC1NC(Oc2c(Cl)cc(N)cc2Cl)=CN(C(C)C)C1=O. The Labute approximate surface area is 133 Å². The molecule has 1 unspecified atom stereocenters. The Hall–Kier alpha value is -1.59. The van der Waals surface area contributed by atoms with E-state index >= 15 is 0 Å². The molecule has 21 heavy (non-hydrogen) atoms. The second kappa shape index (κ2) is 6.03. The van der Waals surface area contributed by atoms with Crippen LogP contribution in [0.3, 0.4) is 0 Å². The number of nitrogens with two attached hydrogens (primary N) is 1. The molecule has 2 rings (SSSR count). The molecule has 1 aromatic rings. The predicted molar refractivity (Wildman–Crippen MR) is 84.2 cm³/mol. The van der Waals surface area contributed by atoms with Crippen LogP contribution in [0.25, 0.3) is 0 Å². The van der Waals surface area contributed by atoms with Gasteiger partial charge in [-0.1, -0.05) is 23.2 Å². The number of nitrogens with zero attached hydrogens (tertiary/aromatic N) is 1. The third kappa shape index (κ3) is 3.36. The van der Waals surface area contributed by atoms with Gasteiger partial charge in [-0.25, -0.2) is 0 Å². The molecule has 0 saturated heterocycles. The van der Waals surface area contributed by atoms with E-state index in [0.29, 0.717) is 27.4 Å². The molecule has 0 aromatic heterocycles. The topological polar surface area (TPSA) is 67.6 Å². The van der Waals surface area contributed by atoms with Gasteiger partial charge in [-0.05, 0) is 32.9 Å². The molecule has 0 bridgehead atoms. The minimum atomic E-state index is -0.390. The molecule has 1 aromatic carbocycles. The molecule has 1 heterocycles. The number of halogens is 2. The summed E-state index contributed by atoms with van der Waals surface area (Å²) in [4.78, 5) is 13.6. The van der Waals surface area contributed by atoms with Crippen LogP contribution in [0.5, 0.6) is 5.75 Å².